The second kappa shape index (κ2) is 6.97. The second-order valence-electron chi connectivity index (χ2n) is 5.71. The van der Waals surface area contributed by atoms with E-state index in [1.807, 2.05) is 18.2 Å². The van der Waals surface area contributed by atoms with Crippen LogP contribution in [0.2, 0.25) is 10.0 Å². The molecule has 1 N–H and O–H groups in total. The molecule has 1 saturated carbocycles. The van der Waals surface area contributed by atoms with Crippen molar-refractivity contribution in [3.05, 3.63) is 33.8 Å². The van der Waals surface area contributed by atoms with Crippen molar-refractivity contribution in [2.45, 2.75) is 51.6 Å². The molecule has 1 aromatic carbocycles. The normalized spacial score (nSPS) is 27.5. The van der Waals surface area contributed by atoms with Crippen molar-refractivity contribution in [3.63, 3.8) is 0 Å². The van der Waals surface area contributed by atoms with Gasteiger partial charge in [0, 0.05) is 0 Å². The maximum absolute atomic E-state index is 10.2. The van der Waals surface area contributed by atoms with Crippen molar-refractivity contribution in [2.24, 2.45) is 11.8 Å². The summed E-state index contributed by atoms with van der Waals surface area (Å²) < 4.78 is 0. The van der Waals surface area contributed by atoms with Gasteiger partial charge in [-0.1, -0.05) is 55.1 Å². The first-order valence-electron chi connectivity index (χ1n) is 7.22. The van der Waals surface area contributed by atoms with Gasteiger partial charge in [-0.05, 0) is 49.1 Å². The number of benzene rings is 1. The zero-order valence-electron chi connectivity index (χ0n) is 11.4. The average Bonchev–Trinajstić information content (AvgIpc) is 2.39. The molecule has 3 heteroatoms. The number of aliphatic hydroxyl groups is 1. The molecular weight excluding hydrogens is 279 g/mol. The van der Waals surface area contributed by atoms with E-state index >= 15 is 0 Å². The highest BCUT2D eigenvalue weighted by molar-refractivity contribution is 6.42. The average molecular weight is 301 g/mol. The van der Waals surface area contributed by atoms with Gasteiger partial charge in [0.05, 0.1) is 16.1 Å². The predicted octanol–water partition coefficient (Wildman–Crippen LogP) is 5.11. The Labute approximate surface area is 125 Å². The highest BCUT2D eigenvalue weighted by Gasteiger charge is 2.29. The van der Waals surface area contributed by atoms with Gasteiger partial charge in [0.1, 0.15) is 0 Å². The molecule has 0 amide bonds. The summed E-state index contributed by atoms with van der Waals surface area (Å²) in [6.07, 6.45) is 6.34. The lowest BCUT2D eigenvalue weighted by Crippen LogP contribution is -2.30. The maximum Gasteiger partial charge on any atom is 0.0624 e. The van der Waals surface area contributed by atoms with E-state index in [9.17, 15) is 5.11 Å². The number of aliphatic hydroxyl groups excluding tert-OH is 1. The SMILES string of the molecule is CCCC1CCC(O)C(Cc2cccc(Cl)c2Cl)C1. The molecule has 1 aliphatic carbocycles. The maximum atomic E-state index is 10.2. The van der Waals surface area contributed by atoms with Crippen molar-refractivity contribution >= 4 is 23.2 Å². The first-order chi connectivity index (χ1) is 9.11. The Morgan fingerprint density at radius 1 is 1.26 bits per heavy atom. The number of hydrogen-bond donors (Lipinski definition) is 1. The Morgan fingerprint density at radius 2 is 2.05 bits per heavy atom. The van der Waals surface area contributed by atoms with E-state index in [0.717, 1.165) is 37.2 Å². The van der Waals surface area contributed by atoms with Gasteiger partial charge in [-0.25, -0.2) is 0 Å². The predicted molar refractivity (Wildman–Crippen MR) is 81.9 cm³/mol. The summed E-state index contributed by atoms with van der Waals surface area (Å²) in [5.74, 6) is 1.08. The smallest absolute Gasteiger partial charge is 0.0624 e. The summed E-state index contributed by atoms with van der Waals surface area (Å²) in [6, 6.07) is 5.76. The topological polar surface area (TPSA) is 20.2 Å². The summed E-state index contributed by atoms with van der Waals surface area (Å²) in [7, 11) is 0. The second-order valence-corrected chi connectivity index (χ2v) is 6.50. The summed E-state index contributed by atoms with van der Waals surface area (Å²) >= 11 is 12.3. The van der Waals surface area contributed by atoms with Crippen molar-refractivity contribution in [1.82, 2.24) is 0 Å². The fourth-order valence-electron chi connectivity index (χ4n) is 3.22. The van der Waals surface area contributed by atoms with E-state index < -0.39 is 0 Å². The van der Waals surface area contributed by atoms with Crippen molar-refractivity contribution in [3.8, 4) is 0 Å². The van der Waals surface area contributed by atoms with Gasteiger partial charge in [-0.3, -0.25) is 0 Å². The monoisotopic (exact) mass is 300 g/mol. The molecule has 106 valence electrons. The first kappa shape index (κ1) is 15.2. The Bertz CT molecular complexity index is 419. The summed E-state index contributed by atoms with van der Waals surface area (Å²) in [5, 5.41) is 11.5. The molecule has 3 unspecified atom stereocenters. The van der Waals surface area contributed by atoms with Crippen molar-refractivity contribution in [1.29, 1.82) is 0 Å². The van der Waals surface area contributed by atoms with Crippen LogP contribution in [0.3, 0.4) is 0 Å². The zero-order chi connectivity index (χ0) is 13.8. The van der Waals surface area contributed by atoms with Crippen LogP contribution in [0, 0.1) is 11.8 Å². The van der Waals surface area contributed by atoms with Gasteiger partial charge >= 0.3 is 0 Å². The third-order valence-electron chi connectivity index (χ3n) is 4.26. The molecule has 3 atom stereocenters. The molecule has 0 spiro atoms. The van der Waals surface area contributed by atoms with Crippen molar-refractivity contribution in [2.75, 3.05) is 0 Å². The van der Waals surface area contributed by atoms with E-state index in [-0.39, 0.29) is 6.10 Å². The van der Waals surface area contributed by atoms with Crippen LogP contribution in [0.4, 0.5) is 0 Å². The first-order valence-corrected chi connectivity index (χ1v) is 7.98. The quantitative estimate of drug-likeness (QED) is 0.819. The molecule has 0 bridgehead atoms. The number of halogens is 2. The van der Waals surface area contributed by atoms with E-state index in [4.69, 9.17) is 23.2 Å². The van der Waals surface area contributed by atoms with Gasteiger partial charge in [0.2, 0.25) is 0 Å². The van der Waals surface area contributed by atoms with Gasteiger partial charge in [-0.15, -0.1) is 0 Å². The standard InChI is InChI=1S/C16H22Cl2O/c1-2-4-11-7-8-15(19)13(9-11)10-12-5-3-6-14(17)16(12)18/h3,5-6,11,13,15,19H,2,4,7-10H2,1H3. The molecule has 0 radical (unpaired) electrons. The molecule has 1 fully saturated rings. The third-order valence-corrected chi connectivity index (χ3v) is 5.12. The lowest BCUT2D eigenvalue weighted by molar-refractivity contribution is 0.0463. The van der Waals surface area contributed by atoms with Gasteiger partial charge in [-0.2, -0.15) is 0 Å². The Hall–Kier alpha value is -0.240. The van der Waals surface area contributed by atoms with E-state index in [1.54, 1.807) is 0 Å². The summed E-state index contributed by atoms with van der Waals surface area (Å²) in [6.45, 7) is 2.23. The zero-order valence-corrected chi connectivity index (χ0v) is 12.9. The van der Waals surface area contributed by atoms with Crippen LogP contribution in [-0.4, -0.2) is 11.2 Å². The van der Waals surface area contributed by atoms with Gasteiger partial charge in [0.25, 0.3) is 0 Å². The van der Waals surface area contributed by atoms with E-state index in [2.05, 4.69) is 6.92 Å². The number of hydrogen-bond acceptors (Lipinski definition) is 1. The van der Waals surface area contributed by atoms with Crippen LogP contribution in [0.25, 0.3) is 0 Å². The molecule has 1 nitrogen and oxygen atoms in total. The van der Waals surface area contributed by atoms with Crippen molar-refractivity contribution < 1.29 is 5.11 Å². The highest BCUT2D eigenvalue weighted by Crippen LogP contribution is 2.36. The minimum Gasteiger partial charge on any atom is -0.393 e. The Morgan fingerprint density at radius 3 is 2.79 bits per heavy atom. The minimum atomic E-state index is -0.192. The minimum absolute atomic E-state index is 0.192. The van der Waals surface area contributed by atoms with Crippen LogP contribution >= 0.6 is 23.2 Å². The lowest BCUT2D eigenvalue weighted by atomic mass is 9.75. The Kier molecular flexibility index (Phi) is 5.56. The fourth-order valence-corrected chi connectivity index (χ4v) is 3.62. The highest BCUT2D eigenvalue weighted by atomic mass is 35.5. The molecule has 1 aromatic rings. The van der Waals surface area contributed by atoms with Crippen LogP contribution in [0.1, 0.15) is 44.6 Å². The largest absolute Gasteiger partial charge is 0.393 e. The number of rotatable bonds is 4. The van der Waals surface area contributed by atoms with Gasteiger partial charge < -0.3 is 5.11 Å². The molecule has 1 aliphatic rings. The third kappa shape index (κ3) is 3.87. The summed E-state index contributed by atoms with van der Waals surface area (Å²) in [5.41, 5.74) is 1.07. The van der Waals surface area contributed by atoms with Gasteiger partial charge in [0.15, 0.2) is 0 Å². The molecule has 0 aliphatic heterocycles. The summed E-state index contributed by atoms with van der Waals surface area (Å²) in [4.78, 5) is 0. The van der Waals surface area contributed by atoms with E-state index in [1.165, 1.54) is 12.8 Å². The molecule has 0 saturated heterocycles. The molecular formula is C16H22Cl2O. The lowest BCUT2D eigenvalue weighted by Gasteiger charge is -2.33. The Balaban J connectivity index is 2.05. The van der Waals surface area contributed by atoms with E-state index in [0.29, 0.717) is 16.0 Å². The van der Waals surface area contributed by atoms with Crippen LogP contribution in [0.5, 0.6) is 0 Å². The molecule has 0 aromatic heterocycles. The fraction of sp³-hybridized carbons (Fsp3) is 0.625. The van der Waals surface area contributed by atoms with Crippen LogP contribution in [0.15, 0.2) is 18.2 Å². The molecule has 2 rings (SSSR count). The van der Waals surface area contributed by atoms with Crippen LogP contribution in [-0.2, 0) is 6.42 Å². The molecule has 0 heterocycles. The molecule has 19 heavy (non-hydrogen) atoms. The van der Waals surface area contributed by atoms with Crippen LogP contribution < -0.4 is 0 Å².